The Hall–Kier alpha value is -0.850. The number of hydrogen-bond donors (Lipinski definition) is 1. The third kappa shape index (κ3) is 5.45. The molecule has 1 atom stereocenters. The summed E-state index contributed by atoms with van der Waals surface area (Å²) in [5, 5.41) is 0. The average molecular weight is 313 g/mol. The van der Waals surface area contributed by atoms with Gasteiger partial charge in [0, 0.05) is 44.1 Å². The Balaban J connectivity index is 1.87. The SMILES string of the molecule is CC(C)CCn1cccc1CN1CC[C@H](NS(C)(=O)=O)C1. The molecular weight excluding hydrogens is 286 g/mol. The van der Waals surface area contributed by atoms with Crippen LogP contribution in [0.4, 0.5) is 0 Å². The van der Waals surface area contributed by atoms with Gasteiger partial charge in [0.15, 0.2) is 0 Å². The molecule has 1 aliphatic rings. The highest BCUT2D eigenvalue weighted by atomic mass is 32.2. The lowest BCUT2D eigenvalue weighted by Crippen LogP contribution is -2.36. The second-order valence-corrected chi connectivity index (χ2v) is 8.27. The van der Waals surface area contributed by atoms with Crippen molar-refractivity contribution < 1.29 is 8.42 Å². The summed E-state index contributed by atoms with van der Waals surface area (Å²) in [6.07, 6.45) is 5.44. The van der Waals surface area contributed by atoms with Gasteiger partial charge in [-0.25, -0.2) is 13.1 Å². The topological polar surface area (TPSA) is 54.3 Å². The van der Waals surface area contributed by atoms with Crippen molar-refractivity contribution in [3.63, 3.8) is 0 Å². The van der Waals surface area contributed by atoms with Gasteiger partial charge >= 0.3 is 0 Å². The molecule has 1 aliphatic heterocycles. The van der Waals surface area contributed by atoms with Crippen LogP contribution in [0, 0.1) is 5.92 Å². The third-order valence-electron chi connectivity index (χ3n) is 3.91. The van der Waals surface area contributed by atoms with E-state index in [2.05, 4.69) is 46.4 Å². The number of rotatable bonds is 7. The molecule has 1 aromatic heterocycles. The third-order valence-corrected chi connectivity index (χ3v) is 4.67. The molecule has 1 saturated heterocycles. The van der Waals surface area contributed by atoms with Gasteiger partial charge in [-0.1, -0.05) is 13.8 Å². The molecule has 0 bridgehead atoms. The van der Waals surface area contributed by atoms with Crippen LogP contribution in [0.1, 0.15) is 32.4 Å². The molecule has 0 amide bonds. The van der Waals surface area contributed by atoms with E-state index in [9.17, 15) is 8.42 Å². The fraction of sp³-hybridized carbons (Fsp3) is 0.733. The molecule has 0 spiro atoms. The molecule has 21 heavy (non-hydrogen) atoms. The summed E-state index contributed by atoms with van der Waals surface area (Å²) in [5.74, 6) is 0.704. The summed E-state index contributed by atoms with van der Waals surface area (Å²) in [7, 11) is -3.10. The van der Waals surface area contributed by atoms with Crippen molar-refractivity contribution in [3.05, 3.63) is 24.0 Å². The number of sulfonamides is 1. The van der Waals surface area contributed by atoms with Crippen LogP contribution in [-0.4, -0.2) is 43.3 Å². The van der Waals surface area contributed by atoms with Gasteiger partial charge in [0.25, 0.3) is 0 Å². The van der Waals surface area contributed by atoms with Crippen LogP contribution in [0.2, 0.25) is 0 Å². The molecule has 2 rings (SSSR count). The highest BCUT2D eigenvalue weighted by Crippen LogP contribution is 2.15. The van der Waals surface area contributed by atoms with E-state index in [1.807, 2.05) is 0 Å². The minimum absolute atomic E-state index is 0.0547. The Labute approximate surface area is 128 Å². The predicted molar refractivity (Wildman–Crippen MR) is 85.5 cm³/mol. The van der Waals surface area contributed by atoms with E-state index >= 15 is 0 Å². The maximum atomic E-state index is 11.3. The quantitative estimate of drug-likeness (QED) is 0.833. The molecule has 2 heterocycles. The zero-order chi connectivity index (χ0) is 15.5. The summed E-state index contributed by atoms with van der Waals surface area (Å²) < 4.78 is 27.6. The van der Waals surface area contributed by atoms with E-state index in [-0.39, 0.29) is 6.04 Å². The van der Waals surface area contributed by atoms with Gasteiger partial charge in [0.1, 0.15) is 0 Å². The van der Waals surface area contributed by atoms with Crippen LogP contribution in [0.3, 0.4) is 0 Å². The first-order chi connectivity index (χ1) is 9.83. The van der Waals surface area contributed by atoms with Crippen molar-refractivity contribution in [1.82, 2.24) is 14.2 Å². The van der Waals surface area contributed by atoms with E-state index < -0.39 is 10.0 Å². The van der Waals surface area contributed by atoms with Gasteiger partial charge in [0.05, 0.1) is 6.26 Å². The van der Waals surface area contributed by atoms with Crippen molar-refractivity contribution >= 4 is 10.0 Å². The average Bonchev–Trinajstić information content (AvgIpc) is 2.95. The van der Waals surface area contributed by atoms with Crippen LogP contribution in [0.25, 0.3) is 0 Å². The molecule has 1 N–H and O–H groups in total. The maximum absolute atomic E-state index is 11.3. The van der Waals surface area contributed by atoms with Crippen LogP contribution in [0.15, 0.2) is 18.3 Å². The van der Waals surface area contributed by atoms with E-state index in [1.165, 1.54) is 18.4 Å². The normalized spacial score (nSPS) is 20.5. The first-order valence-electron chi connectivity index (χ1n) is 7.67. The largest absolute Gasteiger partial charge is 0.350 e. The Morgan fingerprint density at radius 2 is 2.19 bits per heavy atom. The Morgan fingerprint density at radius 3 is 2.86 bits per heavy atom. The highest BCUT2D eigenvalue weighted by Gasteiger charge is 2.25. The molecule has 0 aliphatic carbocycles. The van der Waals surface area contributed by atoms with Crippen molar-refractivity contribution in [2.24, 2.45) is 5.92 Å². The van der Waals surface area contributed by atoms with Crippen molar-refractivity contribution in [3.8, 4) is 0 Å². The first-order valence-corrected chi connectivity index (χ1v) is 9.56. The van der Waals surface area contributed by atoms with Crippen LogP contribution < -0.4 is 4.72 Å². The van der Waals surface area contributed by atoms with E-state index in [0.29, 0.717) is 5.92 Å². The molecule has 0 saturated carbocycles. The maximum Gasteiger partial charge on any atom is 0.208 e. The molecule has 0 unspecified atom stereocenters. The number of aromatic nitrogens is 1. The van der Waals surface area contributed by atoms with Gasteiger partial charge < -0.3 is 4.57 Å². The molecule has 120 valence electrons. The number of likely N-dealkylation sites (tertiary alicyclic amines) is 1. The molecule has 5 nitrogen and oxygen atoms in total. The van der Waals surface area contributed by atoms with Gasteiger partial charge in [-0.2, -0.15) is 0 Å². The lowest BCUT2D eigenvalue weighted by atomic mass is 10.1. The number of hydrogen-bond acceptors (Lipinski definition) is 3. The highest BCUT2D eigenvalue weighted by molar-refractivity contribution is 7.88. The predicted octanol–water partition coefficient (Wildman–Crippen LogP) is 1.66. The zero-order valence-corrected chi connectivity index (χ0v) is 14.1. The zero-order valence-electron chi connectivity index (χ0n) is 13.2. The summed E-state index contributed by atoms with van der Waals surface area (Å²) in [5.41, 5.74) is 1.32. The van der Waals surface area contributed by atoms with Gasteiger partial charge in [0.2, 0.25) is 10.0 Å². The monoisotopic (exact) mass is 313 g/mol. The van der Waals surface area contributed by atoms with Crippen molar-refractivity contribution in [2.75, 3.05) is 19.3 Å². The number of nitrogens with zero attached hydrogens (tertiary/aromatic N) is 2. The standard InChI is InChI=1S/C15H27N3O2S/c1-13(2)6-10-18-8-4-5-15(18)12-17-9-7-14(11-17)16-21(3,19)20/h4-5,8,13-14,16H,6-7,9-12H2,1-3H3/t14-/m0/s1. The molecule has 0 radical (unpaired) electrons. The van der Waals surface area contributed by atoms with Crippen molar-refractivity contribution in [2.45, 2.75) is 45.8 Å². The molecular formula is C15H27N3O2S. The van der Waals surface area contributed by atoms with E-state index in [1.54, 1.807) is 0 Å². The molecule has 1 fully saturated rings. The van der Waals surface area contributed by atoms with Crippen LogP contribution in [0.5, 0.6) is 0 Å². The summed E-state index contributed by atoms with van der Waals surface area (Å²) in [6.45, 7) is 8.17. The fourth-order valence-electron chi connectivity index (χ4n) is 2.81. The number of nitrogens with one attached hydrogen (secondary N) is 1. The van der Waals surface area contributed by atoms with E-state index in [4.69, 9.17) is 0 Å². The lowest BCUT2D eigenvalue weighted by Gasteiger charge is -2.18. The minimum atomic E-state index is -3.10. The van der Waals surface area contributed by atoms with Gasteiger partial charge in [-0.05, 0) is 30.9 Å². The minimum Gasteiger partial charge on any atom is -0.350 e. The molecule has 1 aromatic rings. The Kier molecular flexibility index (Phi) is 5.46. The summed E-state index contributed by atoms with van der Waals surface area (Å²) in [4.78, 5) is 2.32. The fourth-order valence-corrected chi connectivity index (χ4v) is 3.61. The van der Waals surface area contributed by atoms with Crippen LogP contribution >= 0.6 is 0 Å². The van der Waals surface area contributed by atoms with Gasteiger partial charge in [-0.3, -0.25) is 4.90 Å². The Bertz CT molecular complexity index is 551. The Morgan fingerprint density at radius 1 is 1.43 bits per heavy atom. The molecule has 6 heteroatoms. The van der Waals surface area contributed by atoms with Gasteiger partial charge in [-0.15, -0.1) is 0 Å². The van der Waals surface area contributed by atoms with Crippen molar-refractivity contribution in [1.29, 1.82) is 0 Å². The smallest absolute Gasteiger partial charge is 0.208 e. The van der Waals surface area contributed by atoms with E-state index in [0.717, 1.165) is 32.6 Å². The van der Waals surface area contributed by atoms with Crippen LogP contribution in [-0.2, 0) is 23.1 Å². The first kappa shape index (κ1) is 16.5. The molecule has 0 aromatic carbocycles. The number of aryl methyl sites for hydroxylation is 1. The lowest BCUT2D eigenvalue weighted by molar-refractivity contribution is 0.313. The second kappa shape index (κ2) is 6.94. The summed E-state index contributed by atoms with van der Waals surface area (Å²) >= 11 is 0. The second-order valence-electron chi connectivity index (χ2n) is 6.49. The summed E-state index contributed by atoms with van der Waals surface area (Å²) in [6, 6.07) is 4.31.